The molecule has 1 N–H and O–H groups in total. The highest BCUT2D eigenvalue weighted by molar-refractivity contribution is 6.30. The number of rotatable bonds is 6. The van der Waals surface area contributed by atoms with Gasteiger partial charge in [-0.2, -0.15) is 0 Å². The zero-order valence-corrected chi connectivity index (χ0v) is 17.7. The average Bonchev–Trinajstić information content (AvgIpc) is 3.15. The summed E-state index contributed by atoms with van der Waals surface area (Å²) in [6.07, 6.45) is 1.91. The standard InChI is InChI=1S/C21H29ClN4O2/c1-13(2)18(23-21-25-24-19(28-21)14(3)4)20(27)26-11-9-16(10-12-26)15-5-7-17(22)8-6-15/h5-8,13-14,16,18H,9-12H2,1-4H3,(H,23,25). The summed E-state index contributed by atoms with van der Waals surface area (Å²) in [4.78, 5) is 15.1. The number of piperidine rings is 1. The van der Waals surface area contributed by atoms with Gasteiger partial charge < -0.3 is 14.6 Å². The van der Waals surface area contributed by atoms with E-state index in [2.05, 4.69) is 27.6 Å². The number of halogens is 1. The van der Waals surface area contributed by atoms with E-state index in [1.807, 2.05) is 44.7 Å². The monoisotopic (exact) mass is 404 g/mol. The second-order valence-electron chi connectivity index (χ2n) is 8.12. The first-order valence-electron chi connectivity index (χ1n) is 9.99. The van der Waals surface area contributed by atoms with Gasteiger partial charge in [-0.1, -0.05) is 56.5 Å². The molecule has 1 fully saturated rings. The number of carbonyl (C=O) groups excluding carboxylic acids is 1. The van der Waals surface area contributed by atoms with Gasteiger partial charge in [0.1, 0.15) is 6.04 Å². The number of aromatic nitrogens is 2. The molecule has 1 amide bonds. The fourth-order valence-corrected chi connectivity index (χ4v) is 3.66. The van der Waals surface area contributed by atoms with Gasteiger partial charge in [0, 0.05) is 24.0 Å². The Morgan fingerprint density at radius 2 is 1.79 bits per heavy atom. The smallest absolute Gasteiger partial charge is 0.316 e. The summed E-state index contributed by atoms with van der Waals surface area (Å²) in [5.74, 6) is 1.39. The van der Waals surface area contributed by atoms with E-state index in [0.29, 0.717) is 17.8 Å². The van der Waals surface area contributed by atoms with E-state index in [4.69, 9.17) is 16.0 Å². The Morgan fingerprint density at radius 3 is 2.32 bits per heavy atom. The van der Waals surface area contributed by atoms with Gasteiger partial charge >= 0.3 is 6.01 Å². The van der Waals surface area contributed by atoms with Gasteiger partial charge in [-0.05, 0) is 42.4 Å². The van der Waals surface area contributed by atoms with E-state index >= 15 is 0 Å². The molecule has 0 spiro atoms. The summed E-state index contributed by atoms with van der Waals surface area (Å²) in [6, 6.07) is 7.97. The van der Waals surface area contributed by atoms with Gasteiger partial charge in [-0.15, -0.1) is 5.10 Å². The first-order chi connectivity index (χ1) is 13.3. The van der Waals surface area contributed by atoms with Crippen LogP contribution >= 0.6 is 11.6 Å². The molecular formula is C21H29ClN4O2. The third kappa shape index (κ3) is 4.85. The molecule has 1 aliphatic heterocycles. The second-order valence-corrected chi connectivity index (χ2v) is 8.55. The number of benzene rings is 1. The van der Waals surface area contributed by atoms with Gasteiger partial charge in [-0.25, -0.2) is 0 Å². The van der Waals surface area contributed by atoms with Gasteiger partial charge in [0.2, 0.25) is 11.8 Å². The molecule has 28 heavy (non-hydrogen) atoms. The summed E-state index contributed by atoms with van der Waals surface area (Å²) in [7, 11) is 0. The molecule has 1 aliphatic rings. The Kier molecular flexibility index (Phi) is 6.60. The maximum absolute atomic E-state index is 13.1. The van der Waals surface area contributed by atoms with E-state index in [1.165, 1.54) is 5.56 Å². The molecule has 0 radical (unpaired) electrons. The molecule has 2 heterocycles. The van der Waals surface area contributed by atoms with Gasteiger partial charge in [0.15, 0.2) is 0 Å². The molecule has 0 bridgehead atoms. The molecule has 2 aromatic rings. The summed E-state index contributed by atoms with van der Waals surface area (Å²) in [5.41, 5.74) is 1.29. The lowest BCUT2D eigenvalue weighted by Crippen LogP contribution is -2.48. The minimum absolute atomic E-state index is 0.0915. The first kappa shape index (κ1) is 20.6. The molecule has 1 atom stereocenters. The Bertz CT molecular complexity index is 780. The SMILES string of the molecule is CC(C)c1nnc(NC(C(=O)N2CCC(c3ccc(Cl)cc3)CC2)C(C)C)o1. The van der Waals surface area contributed by atoms with Crippen LogP contribution in [0.25, 0.3) is 0 Å². The topological polar surface area (TPSA) is 71.3 Å². The molecule has 1 saturated heterocycles. The Balaban J connectivity index is 1.61. The quantitative estimate of drug-likeness (QED) is 0.756. The first-order valence-corrected chi connectivity index (χ1v) is 10.4. The summed E-state index contributed by atoms with van der Waals surface area (Å²) < 4.78 is 5.63. The molecule has 1 unspecified atom stereocenters. The minimum Gasteiger partial charge on any atom is -0.408 e. The predicted molar refractivity (Wildman–Crippen MR) is 111 cm³/mol. The van der Waals surface area contributed by atoms with Crippen molar-refractivity contribution in [2.24, 2.45) is 5.92 Å². The van der Waals surface area contributed by atoms with Crippen molar-refractivity contribution in [3.8, 4) is 0 Å². The lowest BCUT2D eigenvalue weighted by atomic mass is 9.89. The molecule has 1 aromatic carbocycles. The fraction of sp³-hybridized carbons (Fsp3) is 0.571. The Labute approximate surface area is 171 Å². The number of nitrogens with zero attached hydrogens (tertiary/aromatic N) is 3. The molecule has 7 heteroatoms. The number of hydrogen-bond donors (Lipinski definition) is 1. The van der Waals surface area contributed by atoms with Crippen LogP contribution in [-0.2, 0) is 4.79 Å². The van der Waals surface area contributed by atoms with Crippen molar-refractivity contribution in [2.45, 2.75) is 58.4 Å². The molecule has 152 valence electrons. The molecule has 0 aliphatic carbocycles. The fourth-order valence-electron chi connectivity index (χ4n) is 3.54. The Morgan fingerprint density at radius 1 is 1.14 bits per heavy atom. The van der Waals surface area contributed by atoms with Crippen molar-refractivity contribution >= 4 is 23.5 Å². The molecule has 6 nitrogen and oxygen atoms in total. The minimum atomic E-state index is -0.382. The van der Waals surface area contributed by atoms with E-state index in [1.54, 1.807) is 0 Å². The normalized spacial score (nSPS) is 16.6. The summed E-state index contributed by atoms with van der Waals surface area (Å²) in [5, 5.41) is 12.0. The second kappa shape index (κ2) is 8.95. The Hall–Kier alpha value is -2.08. The number of hydrogen-bond acceptors (Lipinski definition) is 5. The lowest BCUT2D eigenvalue weighted by Gasteiger charge is -2.35. The van der Waals surface area contributed by atoms with Crippen molar-refractivity contribution in [2.75, 3.05) is 18.4 Å². The van der Waals surface area contributed by atoms with Crippen LogP contribution in [0.2, 0.25) is 5.02 Å². The van der Waals surface area contributed by atoms with Crippen LogP contribution in [0.4, 0.5) is 6.01 Å². The molecular weight excluding hydrogens is 376 g/mol. The van der Waals surface area contributed by atoms with Crippen LogP contribution in [0, 0.1) is 5.92 Å². The van der Waals surface area contributed by atoms with Crippen LogP contribution < -0.4 is 5.32 Å². The number of likely N-dealkylation sites (tertiary alicyclic amines) is 1. The van der Waals surface area contributed by atoms with Crippen LogP contribution in [-0.4, -0.2) is 40.1 Å². The van der Waals surface area contributed by atoms with Crippen LogP contribution in [0.1, 0.15) is 63.8 Å². The zero-order chi connectivity index (χ0) is 20.3. The number of anilines is 1. The predicted octanol–water partition coefficient (Wildman–Crippen LogP) is 4.69. The van der Waals surface area contributed by atoms with Crippen molar-refractivity contribution in [3.05, 3.63) is 40.7 Å². The molecule has 3 rings (SSSR count). The van der Waals surface area contributed by atoms with Crippen molar-refractivity contribution in [1.82, 2.24) is 15.1 Å². The highest BCUT2D eigenvalue weighted by atomic mass is 35.5. The van der Waals surface area contributed by atoms with Crippen LogP contribution in [0.15, 0.2) is 28.7 Å². The van der Waals surface area contributed by atoms with Gasteiger partial charge in [0.25, 0.3) is 0 Å². The highest BCUT2D eigenvalue weighted by Gasteiger charge is 2.31. The number of nitrogens with one attached hydrogen (secondary N) is 1. The van der Waals surface area contributed by atoms with E-state index in [-0.39, 0.29) is 23.8 Å². The maximum atomic E-state index is 13.1. The largest absolute Gasteiger partial charge is 0.408 e. The van der Waals surface area contributed by atoms with Crippen molar-refractivity contribution < 1.29 is 9.21 Å². The number of amides is 1. The van der Waals surface area contributed by atoms with E-state index < -0.39 is 0 Å². The maximum Gasteiger partial charge on any atom is 0.316 e. The van der Waals surface area contributed by atoms with Crippen molar-refractivity contribution in [1.29, 1.82) is 0 Å². The average molecular weight is 405 g/mol. The molecule has 0 saturated carbocycles. The van der Waals surface area contributed by atoms with Gasteiger partial charge in [-0.3, -0.25) is 4.79 Å². The summed E-state index contributed by atoms with van der Waals surface area (Å²) >= 11 is 5.99. The highest BCUT2D eigenvalue weighted by Crippen LogP contribution is 2.29. The third-order valence-electron chi connectivity index (χ3n) is 5.29. The number of carbonyl (C=O) groups is 1. The summed E-state index contributed by atoms with van der Waals surface area (Å²) in [6.45, 7) is 9.53. The van der Waals surface area contributed by atoms with E-state index in [9.17, 15) is 4.79 Å². The zero-order valence-electron chi connectivity index (χ0n) is 17.0. The van der Waals surface area contributed by atoms with Crippen LogP contribution in [0.3, 0.4) is 0 Å². The van der Waals surface area contributed by atoms with E-state index in [0.717, 1.165) is 31.0 Å². The van der Waals surface area contributed by atoms with Gasteiger partial charge in [0.05, 0.1) is 0 Å². The third-order valence-corrected chi connectivity index (χ3v) is 5.55. The molecule has 1 aromatic heterocycles. The van der Waals surface area contributed by atoms with Crippen molar-refractivity contribution in [3.63, 3.8) is 0 Å². The lowest BCUT2D eigenvalue weighted by molar-refractivity contribution is -0.134. The van der Waals surface area contributed by atoms with Crippen LogP contribution in [0.5, 0.6) is 0 Å².